The summed E-state index contributed by atoms with van der Waals surface area (Å²) in [6, 6.07) is 7.82. The van der Waals surface area contributed by atoms with Crippen molar-refractivity contribution >= 4 is 40.2 Å². The SMILES string of the molecule is Nc1ncnc2c(CCN3C[C@H](CSc4ccc(Cl)cc4)[C@@H](O)C3)[nH]nc12. The molecule has 0 radical (unpaired) electrons. The number of hydrogen-bond acceptors (Lipinski definition) is 7. The number of benzene rings is 1. The minimum atomic E-state index is -0.304. The molecule has 27 heavy (non-hydrogen) atoms. The van der Waals surface area contributed by atoms with Gasteiger partial charge in [0.1, 0.15) is 11.8 Å². The summed E-state index contributed by atoms with van der Waals surface area (Å²) in [6.45, 7) is 2.40. The van der Waals surface area contributed by atoms with Crippen molar-refractivity contribution in [3.05, 3.63) is 41.3 Å². The largest absolute Gasteiger partial charge is 0.391 e. The van der Waals surface area contributed by atoms with Gasteiger partial charge in [0.15, 0.2) is 11.3 Å². The molecular formula is C18H21ClN6OS. The van der Waals surface area contributed by atoms with Crippen molar-refractivity contribution in [2.75, 3.05) is 31.1 Å². The van der Waals surface area contributed by atoms with E-state index in [0.29, 0.717) is 17.9 Å². The molecule has 1 fully saturated rings. The van der Waals surface area contributed by atoms with Gasteiger partial charge in [0, 0.05) is 47.6 Å². The molecule has 9 heteroatoms. The van der Waals surface area contributed by atoms with Crippen LogP contribution < -0.4 is 5.73 Å². The van der Waals surface area contributed by atoms with Gasteiger partial charge in [0.2, 0.25) is 0 Å². The Hall–Kier alpha value is -1.87. The van der Waals surface area contributed by atoms with Gasteiger partial charge in [-0.2, -0.15) is 5.10 Å². The number of hydrogen-bond donors (Lipinski definition) is 3. The quantitative estimate of drug-likeness (QED) is 0.541. The number of aromatic nitrogens is 4. The van der Waals surface area contributed by atoms with Crippen LogP contribution in [-0.2, 0) is 6.42 Å². The van der Waals surface area contributed by atoms with Crippen LogP contribution in [0.2, 0.25) is 5.02 Å². The van der Waals surface area contributed by atoms with Crippen LogP contribution in [0.5, 0.6) is 0 Å². The van der Waals surface area contributed by atoms with Crippen LogP contribution >= 0.6 is 23.4 Å². The van der Waals surface area contributed by atoms with E-state index in [1.165, 1.54) is 11.2 Å². The number of halogens is 1. The second-order valence-electron chi connectivity index (χ2n) is 6.76. The van der Waals surface area contributed by atoms with Crippen molar-refractivity contribution < 1.29 is 5.11 Å². The summed E-state index contributed by atoms with van der Waals surface area (Å²) in [4.78, 5) is 11.7. The number of nitrogen functional groups attached to an aromatic ring is 1. The summed E-state index contributed by atoms with van der Waals surface area (Å²) < 4.78 is 0. The van der Waals surface area contributed by atoms with Crippen molar-refractivity contribution in [3.63, 3.8) is 0 Å². The Labute approximate surface area is 166 Å². The van der Waals surface area contributed by atoms with E-state index in [-0.39, 0.29) is 12.0 Å². The van der Waals surface area contributed by atoms with E-state index >= 15 is 0 Å². The number of aliphatic hydroxyl groups is 1. The van der Waals surface area contributed by atoms with E-state index in [1.54, 1.807) is 11.8 Å². The highest BCUT2D eigenvalue weighted by Gasteiger charge is 2.31. The van der Waals surface area contributed by atoms with E-state index in [4.69, 9.17) is 17.3 Å². The summed E-state index contributed by atoms with van der Waals surface area (Å²) in [5, 5.41) is 18.4. The molecule has 3 aromatic rings. The molecule has 2 aromatic heterocycles. The minimum absolute atomic E-state index is 0.252. The maximum absolute atomic E-state index is 10.4. The monoisotopic (exact) mass is 404 g/mol. The molecule has 0 bridgehead atoms. The third kappa shape index (κ3) is 4.19. The minimum Gasteiger partial charge on any atom is -0.391 e. The molecule has 0 amide bonds. The molecule has 2 atom stereocenters. The number of β-amino-alcohol motifs (C(OH)–C–C–N with tert-alkyl or cyclic N) is 1. The third-order valence-electron chi connectivity index (χ3n) is 4.88. The number of H-pyrrole nitrogens is 1. The topological polar surface area (TPSA) is 104 Å². The molecule has 142 valence electrons. The van der Waals surface area contributed by atoms with Crippen LogP contribution in [0.3, 0.4) is 0 Å². The average Bonchev–Trinajstić information content (AvgIpc) is 3.24. The molecule has 1 aliphatic heterocycles. The van der Waals surface area contributed by atoms with E-state index in [0.717, 1.165) is 41.5 Å². The van der Waals surface area contributed by atoms with E-state index in [1.807, 2.05) is 24.3 Å². The lowest BCUT2D eigenvalue weighted by atomic mass is 10.1. The van der Waals surface area contributed by atoms with Gasteiger partial charge in [-0.1, -0.05) is 11.6 Å². The molecule has 0 unspecified atom stereocenters. The summed E-state index contributed by atoms with van der Waals surface area (Å²) in [5.74, 6) is 1.52. The predicted octanol–water partition coefficient (Wildman–Crippen LogP) is 2.22. The van der Waals surface area contributed by atoms with Crippen LogP contribution in [0, 0.1) is 5.92 Å². The first kappa shape index (κ1) is 18.5. The zero-order valence-corrected chi connectivity index (χ0v) is 16.2. The number of nitrogens with one attached hydrogen (secondary N) is 1. The smallest absolute Gasteiger partial charge is 0.155 e. The zero-order valence-electron chi connectivity index (χ0n) is 14.7. The Bertz CT molecular complexity index is 918. The first-order chi connectivity index (χ1) is 13.1. The maximum atomic E-state index is 10.4. The Balaban J connectivity index is 1.31. The van der Waals surface area contributed by atoms with Gasteiger partial charge in [-0.25, -0.2) is 9.97 Å². The second kappa shape index (κ2) is 8.02. The van der Waals surface area contributed by atoms with E-state index in [2.05, 4.69) is 25.1 Å². The maximum Gasteiger partial charge on any atom is 0.155 e. The number of anilines is 1. The molecule has 3 heterocycles. The van der Waals surface area contributed by atoms with Gasteiger partial charge < -0.3 is 10.8 Å². The Kier molecular flexibility index (Phi) is 5.49. The van der Waals surface area contributed by atoms with Crippen molar-refractivity contribution in [1.82, 2.24) is 25.1 Å². The summed E-state index contributed by atoms with van der Waals surface area (Å²) in [5.41, 5.74) is 8.17. The van der Waals surface area contributed by atoms with Crippen molar-refractivity contribution in [3.8, 4) is 0 Å². The normalized spacial score (nSPS) is 20.5. The molecule has 1 saturated heterocycles. The van der Waals surface area contributed by atoms with Crippen LogP contribution in [0.4, 0.5) is 5.82 Å². The van der Waals surface area contributed by atoms with Gasteiger partial charge in [0.25, 0.3) is 0 Å². The Morgan fingerprint density at radius 2 is 2.04 bits per heavy atom. The molecule has 0 spiro atoms. The van der Waals surface area contributed by atoms with Gasteiger partial charge >= 0.3 is 0 Å². The number of fused-ring (bicyclic) bond motifs is 1. The van der Waals surface area contributed by atoms with Crippen LogP contribution in [0.15, 0.2) is 35.5 Å². The Morgan fingerprint density at radius 1 is 1.22 bits per heavy atom. The molecule has 4 N–H and O–H groups in total. The molecular weight excluding hydrogens is 384 g/mol. The molecule has 1 aromatic carbocycles. The number of aromatic amines is 1. The first-order valence-electron chi connectivity index (χ1n) is 8.82. The number of likely N-dealkylation sites (tertiary alicyclic amines) is 1. The number of thioether (sulfide) groups is 1. The van der Waals surface area contributed by atoms with Gasteiger partial charge in [-0.05, 0) is 24.3 Å². The van der Waals surface area contributed by atoms with Gasteiger partial charge in [0.05, 0.1) is 11.8 Å². The van der Waals surface area contributed by atoms with Crippen LogP contribution in [0.1, 0.15) is 5.69 Å². The van der Waals surface area contributed by atoms with E-state index in [9.17, 15) is 5.11 Å². The van der Waals surface area contributed by atoms with Crippen LogP contribution in [0.25, 0.3) is 11.0 Å². The molecule has 4 rings (SSSR count). The predicted molar refractivity (Wildman–Crippen MR) is 108 cm³/mol. The summed E-state index contributed by atoms with van der Waals surface area (Å²) >= 11 is 7.68. The fourth-order valence-corrected chi connectivity index (χ4v) is 4.55. The number of nitrogens with two attached hydrogens (primary N) is 1. The van der Waals surface area contributed by atoms with Gasteiger partial charge in [-0.3, -0.25) is 10.00 Å². The number of aliphatic hydroxyl groups excluding tert-OH is 1. The summed E-state index contributed by atoms with van der Waals surface area (Å²) in [6.07, 6.45) is 1.93. The lowest BCUT2D eigenvalue weighted by molar-refractivity contribution is 0.150. The fourth-order valence-electron chi connectivity index (χ4n) is 3.37. The third-order valence-corrected chi connectivity index (χ3v) is 6.33. The highest BCUT2D eigenvalue weighted by Crippen LogP contribution is 2.27. The van der Waals surface area contributed by atoms with E-state index < -0.39 is 0 Å². The number of rotatable bonds is 6. The fraction of sp³-hybridized carbons (Fsp3) is 0.389. The van der Waals surface area contributed by atoms with Crippen molar-refractivity contribution in [2.24, 2.45) is 5.92 Å². The molecule has 7 nitrogen and oxygen atoms in total. The zero-order chi connectivity index (χ0) is 18.8. The lowest BCUT2D eigenvalue weighted by Gasteiger charge is -2.15. The first-order valence-corrected chi connectivity index (χ1v) is 10.2. The highest BCUT2D eigenvalue weighted by molar-refractivity contribution is 7.99. The Morgan fingerprint density at radius 3 is 2.85 bits per heavy atom. The van der Waals surface area contributed by atoms with Gasteiger partial charge in [-0.15, -0.1) is 11.8 Å². The highest BCUT2D eigenvalue weighted by atomic mass is 35.5. The molecule has 0 aliphatic carbocycles. The van der Waals surface area contributed by atoms with Crippen LogP contribution in [-0.4, -0.2) is 61.7 Å². The number of nitrogens with zero attached hydrogens (tertiary/aromatic N) is 4. The molecule has 0 saturated carbocycles. The molecule has 1 aliphatic rings. The average molecular weight is 405 g/mol. The standard InChI is InChI=1S/C18H21ClN6OS/c19-12-1-3-13(4-2-12)27-9-11-7-25(8-15(11)26)6-5-14-16-17(24-23-14)18(20)22-10-21-16/h1-4,10-11,15,26H,5-9H2,(H,23,24)(H2,20,21,22)/t11-,15+/m1/s1. The summed E-state index contributed by atoms with van der Waals surface area (Å²) in [7, 11) is 0. The van der Waals surface area contributed by atoms with Crippen molar-refractivity contribution in [2.45, 2.75) is 17.4 Å². The second-order valence-corrected chi connectivity index (χ2v) is 8.29. The lowest BCUT2D eigenvalue weighted by Crippen LogP contribution is -2.24. The van der Waals surface area contributed by atoms with Crippen molar-refractivity contribution in [1.29, 1.82) is 0 Å².